The molecule has 106 valence electrons. The van der Waals surface area contributed by atoms with Gasteiger partial charge in [0.1, 0.15) is 5.75 Å². The number of halogens is 4. The van der Waals surface area contributed by atoms with E-state index in [1.807, 2.05) is 0 Å². The molecule has 0 atom stereocenters. The summed E-state index contributed by atoms with van der Waals surface area (Å²) < 4.78 is 56.8. The highest BCUT2D eigenvalue weighted by Gasteiger charge is 2.31. The molecule has 2 aromatic carbocycles. The van der Waals surface area contributed by atoms with Crippen LogP contribution in [0, 0.1) is 5.82 Å². The van der Waals surface area contributed by atoms with Gasteiger partial charge in [-0.25, -0.2) is 4.39 Å². The summed E-state index contributed by atoms with van der Waals surface area (Å²) in [6, 6.07) is 6.54. The van der Waals surface area contributed by atoms with Gasteiger partial charge in [-0.15, -0.1) is 0 Å². The molecule has 0 spiro atoms. The Kier molecular flexibility index (Phi) is 3.57. The number of phenolic OH excluding ortho intramolecular Hbond substituents is 1. The molecule has 2 nitrogen and oxygen atoms in total. The second kappa shape index (κ2) is 5.03. The molecule has 2 rings (SSSR count). The number of aromatic hydroxyl groups is 1. The van der Waals surface area contributed by atoms with Crippen molar-refractivity contribution in [2.45, 2.75) is 6.18 Å². The Labute approximate surface area is 112 Å². The Bertz CT molecular complexity index is 636. The van der Waals surface area contributed by atoms with Crippen LogP contribution < -0.4 is 4.74 Å². The molecule has 0 saturated carbocycles. The number of benzene rings is 2. The first kappa shape index (κ1) is 14.2. The van der Waals surface area contributed by atoms with E-state index in [-0.39, 0.29) is 16.9 Å². The molecule has 0 aliphatic carbocycles. The van der Waals surface area contributed by atoms with Crippen LogP contribution in [0.25, 0.3) is 11.1 Å². The molecule has 0 unspecified atom stereocenters. The molecule has 0 bridgehead atoms. The van der Waals surface area contributed by atoms with E-state index in [1.165, 1.54) is 25.3 Å². The third-order valence-corrected chi connectivity index (χ3v) is 2.74. The Morgan fingerprint density at radius 1 is 1.10 bits per heavy atom. The molecule has 1 N–H and O–H groups in total. The third-order valence-electron chi connectivity index (χ3n) is 2.74. The van der Waals surface area contributed by atoms with E-state index in [4.69, 9.17) is 4.74 Å². The van der Waals surface area contributed by atoms with Crippen molar-refractivity contribution < 1.29 is 27.4 Å². The van der Waals surface area contributed by atoms with E-state index < -0.39 is 23.3 Å². The minimum atomic E-state index is -4.62. The highest BCUT2D eigenvalue weighted by Crippen LogP contribution is 2.37. The number of phenols is 1. The lowest BCUT2D eigenvalue weighted by Crippen LogP contribution is -2.05. The minimum Gasteiger partial charge on any atom is -0.508 e. The zero-order valence-corrected chi connectivity index (χ0v) is 10.3. The number of rotatable bonds is 2. The number of ether oxygens (including phenoxy) is 1. The Balaban J connectivity index is 2.62. The van der Waals surface area contributed by atoms with Crippen molar-refractivity contribution in [3.05, 3.63) is 47.8 Å². The molecule has 6 heteroatoms. The topological polar surface area (TPSA) is 29.5 Å². The Morgan fingerprint density at radius 2 is 1.80 bits per heavy atom. The maximum Gasteiger partial charge on any atom is 0.416 e. The van der Waals surface area contributed by atoms with Crippen LogP contribution in [-0.2, 0) is 6.18 Å². The van der Waals surface area contributed by atoms with Gasteiger partial charge >= 0.3 is 6.18 Å². The molecule has 0 heterocycles. The summed E-state index contributed by atoms with van der Waals surface area (Å²) in [4.78, 5) is 0. The average Bonchev–Trinajstić information content (AvgIpc) is 2.37. The summed E-state index contributed by atoms with van der Waals surface area (Å²) in [5.74, 6) is -1.45. The zero-order chi connectivity index (χ0) is 14.9. The number of alkyl halides is 3. The predicted molar refractivity (Wildman–Crippen MR) is 65.1 cm³/mol. The van der Waals surface area contributed by atoms with Crippen molar-refractivity contribution in [3.63, 3.8) is 0 Å². The van der Waals surface area contributed by atoms with E-state index in [0.717, 1.165) is 12.1 Å². The smallest absolute Gasteiger partial charge is 0.416 e. The summed E-state index contributed by atoms with van der Waals surface area (Å²) in [5, 5.41) is 9.38. The number of hydrogen-bond donors (Lipinski definition) is 1. The van der Waals surface area contributed by atoms with Crippen LogP contribution in [0.2, 0.25) is 0 Å². The largest absolute Gasteiger partial charge is 0.508 e. The molecular formula is C14H10F4O2. The van der Waals surface area contributed by atoms with Gasteiger partial charge in [0, 0.05) is 5.56 Å². The van der Waals surface area contributed by atoms with E-state index in [2.05, 4.69) is 0 Å². The molecule has 0 saturated heterocycles. The van der Waals surface area contributed by atoms with Crippen LogP contribution in [-0.4, -0.2) is 12.2 Å². The second-order valence-corrected chi connectivity index (χ2v) is 4.09. The van der Waals surface area contributed by atoms with E-state index in [9.17, 15) is 22.7 Å². The fourth-order valence-electron chi connectivity index (χ4n) is 1.82. The molecule has 0 amide bonds. The fourth-order valence-corrected chi connectivity index (χ4v) is 1.82. The van der Waals surface area contributed by atoms with Crippen molar-refractivity contribution >= 4 is 0 Å². The van der Waals surface area contributed by atoms with Crippen molar-refractivity contribution in [1.82, 2.24) is 0 Å². The lowest BCUT2D eigenvalue weighted by molar-refractivity contribution is -0.137. The minimum absolute atomic E-state index is 0.0753. The molecule has 0 radical (unpaired) electrons. The predicted octanol–water partition coefficient (Wildman–Crippen LogP) is 4.23. The van der Waals surface area contributed by atoms with Crippen LogP contribution in [0.15, 0.2) is 36.4 Å². The third kappa shape index (κ3) is 2.68. The van der Waals surface area contributed by atoms with Crippen molar-refractivity contribution in [2.24, 2.45) is 0 Å². The normalized spacial score (nSPS) is 11.4. The first-order chi connectivity index (χ1) is 9.32. The molecule has 20 heavy (non-hydrogen) atoms. The van der Waals surface area contributed by atoms with Gasteiger partial charge in [-0.1, -0.05) is 12.1 Å². The van der Waals surface area contributed by atoms with Crippen LogP contribution in [0.4, 0.5) is 17.6 Å². The molecule has 0 fully saturated rings. The maximum atomic E-state index is 14.0. The van der Waals surface area contributed by atoms with E-state index in [0.29, 0.717) is 6.07 Å². The first-order valence-corrected chi connectivity index (χ1v) is 5.57. The maximum absolute atomic E-state index is 14.0. The van der Waals surface area contributed by atoms with Gasteiger partial charge in [-0.05, 0) is 29.8 Å². The molecule has 0 aliphatic heterocycles. The van der Waals surface area contributed by atoms with Gasteiger partial charge in [0.15, 0.2) is 11.6 Å². The quantitative estimate of drug-likeness (QED) is 0.837. The molecule has 2 aromatic rings. The van der Waals surface area contributed by atoms with Gasteiger partial charge in [-0.3, -0.25) is 0 Å². The van der Waals surface area contributed by atoms with Gasteiger partial charge in [0.2, 0.25) is 0 Å². The van der Waals surface area contributed by atoms with Crippen LogP contribution in [0.1, 0.15) is 5.56 Å². The van der Waals surface area contributed by atoms with E-state index in [1.54, 1.807) is 0 Å². The van der Waals surface area contributed by atoms with E-state index >= 15 is 0 Å². The average molecular weight is 286 g/mol. The zero-order valence-electron chi connectivity index (χ0n) is 10.3. The van der Waals surface area contributed by atoms with Gasteiger partial charge in [0.05, 0.1) is 12.7 Å². The van der Waals surface area contributed by atoms with Gasteiger partial charge < -0.3 is 9.84 Å². The first-order valence-electron chi connectivity index (χ1n) is 5.57. The number of methoxy groups -OCH3 is 1. The van der Waals surface area contributed by atoms with Gasteiger partial charge in [-0.2, -0.15) is 13.2 Å². The summed E-state index contributed by atoms with van der Waals surface area (Å²) in [6.07, 6.45) is -4.62. The van der Waals surface area contributed by atoms with Crippen LogP contribution in [0.3, 0.4) is 0 Å². The highest BCUT2D eigenvalue weighted by atomic mass is 19.4. The molecular weight excluding hydrogens is 276 g/mol. The van der Waals surface area contributed by atoms with Crippen molar-refractivity contribution in [2.75, 3.05) is 7.11 Å². The van der Waals surface area contributed by atoms with Crippen molar-refractivity contribution in [1.29, 1.82) is 0 Å². The summed E-state index contributed by atoms with van der Waals surface area (Å²) in [7, 11) is 1.26. The summed E-state index contributed by atoms with van der Waals surface area (Å²) in [5.41, 5.74) is -1.20. The highest BCUT2D eigenvalue weighted by molar-refractivity contribution is 5.68. The SMILES string of the molecule is COc1cccc(-c2cc(O)cc(C(F)(F)F)c2)c1F. The molecule has 0 aromatic heterocycles. The fraction of sp³-hybridized carbons (Fsp3) is 0.143. The van der Waals surface area contributed by atoms with Crippen molar-refractivity contribution in [3.8, 4) is 22.6 Å². The van der Waals surface area contributed by atoms with Gasteiger partial charge in [0.25, 0.3) is 0 Å². The monoisotopic (exact) mass is 286 g/mol. The second-order valence-electron chi connectivity index (χ2n) is 4.09. The van der Waals surface area contributed by atoms with Crippen LogP contribution in [0.5, 0.6) is 11.5 Å². The summed E-state index contributed by atoms with van der Waals surface area (Å²) >= 11 is 0. The summed E-state index contributed by atoms with van der Waals surface area (Å²) in [6.45, 7) is 0. The molecule has 0 aliphatic rings. The standard InChI is InChI=1S/C14H10F4O2/c1-20-12-4-2-3-11(13(12)15)8-5-9(14(16,17)18)7-10(19)6-8/h2-7,19H,1H3. The lowest BCUT2D eigenvalue weighted by atomic mass is 10.0. The number of hydrogen-bond acceptors (Lipinski definition) is 2. The Hall–Kier alpha value is -2.24. The Morgan fingerprint density at radius 3 is 2.40 bits per heavy atom. The van der Waals surface area contributed by atoms with Crippen LogP contribution >= 0.6 is 0 Å². The lowest BCUT2D eigenvalue weighted by Gasteiger charge is -2.12.